The number of aromatic nitrogens is 3. The molecule has 1 saturated carbocycles. The van der Waals surface area contributed by atoms with Crippen LogP contribution in [0.1, 0.15) is 38.5 Å². The van der Waals surface area contributed by atoms with Crippen LogP contribution in [-0.4, -0.2) is 28.3 Å². The van der Waals surface area contributed by atoms with E-state index in [1.165, 1.54) is 38.5 Å². The fourth-order valence-electron chi connectivity index (χ4n) is 2.86. The van der Waals surface area contributed by atoms with E-state index in [0.717, 1.165) is 17.3 Å². The molecule has 23 heavy (non-hydrogen) atoms. The number of benzene rings is 1. The van der Waals surface area contributed by atoms with Gasteiger partial charge in [-0.3, -0.25) is 0 Å². The Hall–Kier alpha value is -2.37. The molecule has 1 fully saturated rings. The molecule has 1 aliphatic rings. The van der Waals surface area contributed by atoms with Crippen LogP contribution in [-0.2, 0) is 0 Å². The second-order valence-corrected chi connectivity index (χ2v) is 5.85. The first-order chi connectivity index (χ1) is 11.3. The van der Waals surface area contributed by atoms with Crippen molar-refractivity contribution in [1.82, 2.24) is 15.2 Å². The Morgan fingerprint density at radius 3 is 2.48 bits per heavy atom. The van der Waals surface area contributed by atoms with Crippen LogP contribution in [0.5, 0.6) is 5.75 Å². The molecule has 0 unspecified atom stereocenters. The zero-order valence-corrected chi connectivity index (χ0v) is 13.5. The van der Waals surface area contributed by atoms with Crippen LogP contribution in [0.4, 0.5) is 17.5 Å². The summed E-state index contributed by atoms with van der Waals surface area (Å²) in [5.41, 5.74) is 0.902. The maximum Gasteiger partial charge on any atom is 0.249 e. The van der Waals surface area contributed by atoms with E-state index < -0.39 is 0 Å². The molecular formula is C17H23N5O. The minimum atomic E-state index is 0.489. The van der Waals surface area contributed by atoms with Crippen molar-refractivity contribution in [3.63, 3.8) is 0 Å². The predicted octanol–water partition coefficient (Wildman–Crippen LogP) is 3.76. The molecule has 0 aliphatic heterocycles. The molecule has 0 radical (unpaired) electrons. The largest absolute Gasteiger partial charge is 0.497 e. The molecule has 6 nitrogen and oxygen atoms in total. The number of anilines is 3. The smallest absolute Gasteiger partial charge is 0.249 e. The molecule has 1 aliphatic carbocycles. The zero-order valence-electron chi connectivity index (χ0n) is 13.5. The molecule has 0 amide bonds. The van der Waals surface area contributed by atoms with Crippen LogP contribution < -0.4 is 15.4 Å². The van der Waals surface area contributed by atoms with Gasteiger partial charge in [0.05, 0.1) is 13.3 Å². The summed E-state index contributed by atoms with van der Waals surface area (Å²) in [5.74, 6) is 2.09. The molecule has 122 valence electrons. The lowest BCUT2D eigenvalue weighted by atomic mass is 10.1. The Balaban J connectivity index is 1.64. The molecule has 1 aromatic carbocycles. The van der Waals surface area contributed by atoms with Crippen molar-refractivity contribution in [2.45, 2.75) is 44.6 Å². The average Bonchev–Trinajstić information content (AvgIpc) is 2.85. The topological polar surface area (TPSA) is 72.0 Å². The van der Waals surface area contributed by atoms with E-state index >= 15 is 0 Å². The number of hydrogen-bond donors (Lipinski definition) is 2. The highest BCUT2D eigenvalue weighted by atomic mass is 16.5. The van der Waals surface area contributed by atoms with Gasteiger partial charge in [-0.1, -0.05) is 25.7 Å². The summed E-state index contributed by atoms with van der Waals surface area (Å²) < 4.78 is 5.15. The van der Waals surface area contributed by atoms with Crippen LogP contribution in [0.2, 0.25) is 0 Å². The molecule has 1 heterocycles. The third-order valence-corrected chi connectivity index (χ3v) is 4.11. The highest BCUT2D eigenvalue weighted by molar-refractivity contribution is 5.55. The number of ether oxygens (including phenoxy) is 1. The third-order valence-electron chi connectivity index (χ3n) is 4.11. The van der Waals surface area contributed by atoms with E-state index in [9.17, 15) is 0 Å². The van der Waals surface area contributed by atoms with Crippen LogP contribution in [0.3, 0.4) is 0 Å². The van der Waals surface area contributed by atoms with E-state index in [4.69, 9.17) is 4.74 Å². The Kier molecular flexibility index (Phi) is 5.24. The predicted molar refractivity (Wildman–Crippen MR) is 91.2 cm³/mol. The molecule has 6 heteroatoms. The van der Waals surface area contributed by atoms with E-state index in [2.05, 4.69) is 25.8 Å². The number of hydrogen-bond acceptors (Lipinski definition) is 6. The Bertz CT molecular complexity index is 609. The van der Waals surface area contributed by atoms with Gasteiger partial charge in [-0.05, 0) is 37.1 Å². The zero-order chi connectivity index (χ0) is 15.9. The van der Waals surface area contributed by atoms with Gasteiger partial charge in [0.2, 0.25) is 5.95 Å². The van der Waals surface area contributed by atoms with Crippen LogP contribution in [0.25, 0.3) is 0 Å². The van der Waals surface area contributed by atoms with Crippen molar-refractivity contribution >= 4 is 17.5 Å². The molecule has 0 spiro atoms. The van der Waals surface area contributed by atoms with Gasteiger partial charge in [-0.15, -0.1) is 5.10 Å². The quantitative estimate of drug-likeness (QED) is 0.819. The maximum absolute atomic E-state index is 5.15. The molecule has 0 atom stereocenters. The monoisotopic (exact) mass is 313 g/mol. The van der Waals surface area contributed by atoms with Gasteiger partial charge in [-0.25, -0.2) is 0 Å². The number of methoxy groups -OCH3 is 1. The Labute approximate surface area is 136 Å². The molecule has 2 aromatic rings. The highest BCUT2D eigenvalue weighted by Gasteiger charge is 2.13. The third kappa shape index (κ3) is 4.55. The SMILES string of the molecule is COc1ccc(Nc2nncc(NC3CCCCCC3)n2)cc1. The van der Waals surface area contributed by atoms with Crippen molar-refractivity contribution in [2.75, 3.05) is 17.7 Å². The number of nitrogens with one attached hydrogen (secondary N) is 2. The van der Waals surface area contributed by atoms with Crippen molar-refractivity contribution < 1.29 is 4.74 Å². The normalized spacial score (nSPS) is 15.7. The van der Waals surface area contributed by atoms with Gasteiger partial charge in [0.15, 0.2) is 5.82 Å². The number of rotatable bonds is 5. The fraction of sp³-hybridized carbons (Fsp3) is 0.471. The first-order valence-electron chi connectivity index (χ1n) is 8.21. The summed E-state index contributed by atoms with van der Waals surface area (Å²) in [6.45, 7) is 0. The average molecular weight is 313 g/mol. The van der Waals surface area contributed by atoms with Gasteiger partial charge < -0.3 is 15.4 Å². The standard InChI is InChI=1S/C17H23N5O/c1-23-15-10-8-14(9-11-15)20-17-21-16(12-18-22-17)19-13-6-4-2-3-5-7-13/h8-13H,2-7H2,1H3,(H2,19,20,21,22). The van der Waals surface area contributed by atoms with E-state index in [1.54, 1.807) is 13.3 Å². The fourth-order valence-corrected chi connectivity index (χ4v) is 2.86. The first-order valence-corrected chi connectivity index (χ1v) is 8.21. The lowest BCUT2D eigenvalue weighted by Crippen LogP contribution is -2.19. The lowest BCUT2D eigenvalue weighted by Gasteiger charge is -2.16. The summed E-state index contributed by atoms with van der Waals surface area (Å²) in [6, 6.07) is 8.12. The van der Waals surface area contributed by atoms with Crippen molar-refractivity contribution in [3.8, 4) is 5.75 Å². The minimum absolute atomic E-state index is 0.489. The van der Waals surface area contributed by atoms with Gasteiger partial charge in [0.25, 0.3) is 0 Å². The van der Waals surface area contributed by atoms with Gasteiger partial charge >= 0.3 is 0 Å². The summed E-state index contributed by atoms with van der Waals surface area (Å²) >= 11 is 0. The molecular weight excluding hydrogens is 290 g/mol. The summed E-state index contributed by atoms with van der Waals surface area (Å²) in [6.07, 6.45) is 9.33. The van der Waals surface area contributed by atoms with Crippen molar-refractivity contribution in [2.24, 2.45) is 0 Å². The highest BCUT2D eigenvalue weighted by Crippen LogP contribution is 2.21. The van der Waals surface area contributed by atoms with Crippen molar-refractivity contribution in [1.29, 1.82) is 0 Å². The maximum atomic E-state index is 5.15. The summed E-state index contributed by atoms with van der Waals surface area (Å²) in [7, 11) is 1.65. The van der Waals surface area contributed by atoms with Crippen LogP contribution >= 0.6 is 0 Å². The molecule has 0 bridgehead atoms. The van der Waals surface area contributed by atoms with Gasteiger partial charge in [0.1, 0.15) is 5.75 Å². The summed E-state index contributed by atoms with van der Waals surface area (Å²) in [5, 5.41) is 14.7. The lowest BCUT2D eigenvalue weighted by molar-refractivity contribution is 0.415. The van der Waals surface area contributed by atoms with Gasteiger partial charge in [0, 0.05) is 11.7 Å². The Morgan fingerprint density at radius 1 is 1.04 bits per heavy atom. The second kappa shape index (κ2) is 7.76. The van der Waals surface area contributed by atoms with E-state index in [1.807, 2.05) is 24.3 Å². The summed E-state index contributed by atoms with van der Waals surface area (Å²) in [4.78, 5) is 4.51. The Morgan fingerprint density at radius 2 is 1.78 bits per heavy atom. The molecule has 3 rings (SSSR count). The number of nitrogens with zero attached hydrogens (tertiary/aromatic N) is 3. The second-order valence-electron chi connectivity index (χ2n) is 5.85. The first kappa shape index (κ1) is 15.5. The van der Waals surface area contributed by atoms with E-state index in [-0.39, 0.29) is 0 Å². The van der Waals surface area contributed by atoms with E-state index in [0.29, 0.717) is 12.0 Å². The molecule has 1 aromatic heterocycles. The van der Waals surface area contributed by atoms with Crippen LogP contribution in [0, 0.1) is 0 Å². The molecule has 0 saturated heterocycles. The van der Waals surface area contributed by atoms with Crippen molar-refractivity contribution in [3.05, 3.63) is 30.5 Å². The van der Waals surface area contributed by atoms with Gasteiger partial charge in [-0.2, -0.15) is 10.1 Å². The molecule has 2 N–H and O–H groups in total. The minimum Gasteiger partial charge on any atom is -0.497 e. The van der Waals surface area contributed by atoms with Crippen LogP contribution in [0.15, 0.2) is 30.5 Å².